The molecule has 0 radical (unpaired) electrons. The van der Waals surface area contributed by atoms with Gasteiger partial charge in [-0.2, -0.15) is 0 Å². The summed E-state index contributed by atoms with van der Waals surface area (Å²) < 4.78 is 15.3. The fourth-order valence-electron chi connectivity index (χ4n) is 1.97. The second-order valence-electron chi connectivity index (χ2n) is 4.35. The highest BCUT2D eigenvalue weighted by atomic mass is 16.5. The standard InChI is InChI=1S/C14H14O7/c1-19-8-3-7-4-9(5-10(15)13(16)17)21-14(18)12(7)11(6-8)20-2/h3-4,6,10,15H,5H2,1-2H3,(H,16,17)/t10-/m1/s1. The fourth-order valence-corrected chi connectivity index (χ4v) is 1.97. The lowest BCUT2D eigenvalue weighted by Crippen LogP contribution is -2.22. The highest BCUT2D eigenvalue weighted by Crippen LogP contribution is 2.29. The minimum atomic E-state index is -1.64. The summed E-state index contributed by atoms with van der Waals surface area (Å²) >= 11 is 0. The van der Waals surface area contributed by atoms with Gasteiger partial charge >= 0.3 is 11.6 Å². The molecule has 0 amide bonds. The molecule has 0 unspecified atom stereocenters. The smallest absolute Gasteiger partial charge is 0.347 e. The highest BCUT2D eigenvalue weighted by molar-refractivity contribution is 5.89. The Morgan fingerprint density at radius 2 is 2.00 bits per heavy atom. The molecule has 21 heavy (non-hydrogen) atoms. The maximum absolute atomic E-state index is 12.0. The van der Waals surface area contributed by atoms with Crippen molar-refractivity contribution in [2.45, 2.75) is 12.5 Å². The zero-order valence-corrected chi connectivity index (χ0v) is 11.5. The summed E-state index contributed by atoms with van der Waals surface area (Å²) in [6, 6.07) is 4.63. The van der Waals surface area contributed by atoms with E-state index >= 15 is 0 Å². The molecular weight excluding hydrogens is 280 g/mol. The molecule has 2 rings (SSSR count). The first-order valence-electron chi connectivity index (χ1n) is 6.06. The number of aliphatic carboxylic acids is 1. The first-order valence-corrected chi connectivity index (χ1v) is 6.06. The number of ether oxygens (including phenoxy) is 2. The van der Waals surface area contributed by atoms with Gasteiger partial charge in [0, 0.05) is 12.5 Å². The zero-order chi connectivity index (χ0) is 15.6. The van der Waals surface area contributed by atoms with Crippen LogP contribution in [0.5, 0.6) is 11.5 Å². The van der Waals surface area contributed by atoms with Crippen LogP contribution in [0.15, 0.2) is 27.4 Å². The number of fused-ring (bicyclic) bond motifs is 1. The van der Waals surface area contributed by atoms with Gasteiger partial charge in [-0.25, -0.2) is 9.59 Å². The molecule has 7 heteroatoms. The molecule has 0 bridgehead atoms. The van der Waals surface area contributed by atoms with Gasteiger partial charge < -0.3 is 24.1 Å². The van der Waals surface area contributed by atoms with Crippen molar-refractivity contribution in [1.82, 2.24) is 0 Å². The van der Waals surface area contributed by atoms with Gasteiger partial charge in [0.15, 0.2) is 6.10 Å². The summed E-state index contributed by atoms with van der Waals surface area (Å²) in [4.78, 5) is 22.7. The Kier molecular flexibility index (Phi) is 4.13. The van der Waals surface area contributed by atoms with Crippen LogP contribution < -0.4 is 15.1 Å². The third-order valence-corrected chi connectivity index (χ3v) is 2.99. The van der Waals surface area contributed by atoms with Gasteiger partial charge in [0.05, 0.1) is 14.2 Å². The van der Waals surface area contributed by atoms with Crippen molar-refractivity contribution in [2.75, 3.05) is 14.2 Å². The van der Waals surface area contributed by atoms with Crippen LogP contribution in [0.2, 0.25) is 0 Å². The Morgan fingerprint density at radius 1 is 1.29 bits per heavy atom. The van der Waals surface area contributed by atoms with Crippen molar-refractivity contribution in [3.63, 3.8) is 0 Å². The fraction of sp³-hybridized carbons (Fsp3) is 0.286. The molecule has 0 saturated carbocycles. The van der Waals surface area contributed by atoms with Crippen LogP contribution in [-0.2, 0) is 11.2 Å². The average Bonchev–Trinajstić information content (AvgIpc) is 2.45. The van der Waals surface area contributed by atoms with E-state index in [0.717, 1.165) is 0 Å². The van der Waals surface area contributed by atoms with Crippen LogP contribution in [-0.4, -0.2) is 36.5 Å². The van der Waals surface area contributed by atoms with E-state index in [-0.39, 0.29) is 17.6 Å². The maximum Gasteiger partial charge on any atom is 0.347 e. The molecular formula is C14H14O7. The lowest BCUT2D eigenvalue weighted by atomic mass is 10.1. The van der Waals surface area contributed by atoms with Crippen molar-refractivity contribution >= 4 is 16.7 Å². The van der Waals surface area contributed by atoms with E-state index in [0.29, 0.717) is 16.9 Å². The van der Waals surface area contributed by atoms with Crippen LogP contribution >= 0.6 is 0 Å². The molecule has 0 spiro atoms. The Bertz CT molecular complexity index is 732. The molecule has 0 aliphatic heterocycles. The normalized spacial score (nSPS) is 12.1. The number of carboxylic acid groups (broad SMARTS) is 1. The van der Waals surface area contributed by atoms with Gasteiger partial charge in [-0.15, -0.1) is 0 Å². The quantitative estimate of drug-likeness (QED) is 0.839. The van der Waals surface area contributed by atoms with Gasteiger partial charge in [-0.1, -0.05) is 0 Å². The van der Waals surface area contributed by atoms with Crippen LogP contribution in [0.1, 0.15) is 5.76 Å². The molecule has 2 aromatic rings. The Morgan fingerprint density at radius 3 is 2.57 bits per heavy atom. The molecule has 112 valence electrons. The summed E-state index contributed by atoms with van der Waals surface area (Å²) in [5, 5.41) is 18.7. The lowest BCUT2D eigenvalue weighted by Gasteiger charge is -2.09. The van der Waals surface area contributed by atoms with Crippen LogP contribution in [0.3, 0.4) is 0 Å². The van der Waals surface area contributed by atoms with Gasteiger partial charge in [-0.3, -0.25) is 0 Å². The summed E-state index contributed by atoms with van der Waals surface area (Å²) in [6.45, 7) is 0. The molecule has 1 aromatic heterocycles. The van der Waals surface area contributed by atoms with E-state index in [1.807, 2.05) is 0 Å². The number of hydrogen-bond acceptors (Lipinski definition) is 6. The first kappa shape index (κ1) is 14.9. The first-order chi connectivity index (χ1) is 9.96. The van der Waals surface area contributed by atoms with E-state index in [4.69, 9.17) is 19.0 Å². The molecule has 0 saturated heterocycles. The van der Waals surface area contributed by atoms with E-state index in [9.17, 15) is 14.7 Å². The van der Waals surface area contributed by atoms with Crippen LogP contribution in [0, 0.1) is 0 Å². The van der Waals surface area contributed by atoms with Crippen LogP contribution in [0.25, 0.3) is 10.8 Å². The van der Waals surface area contributed by atoms with Gasteiger partial charge in [0.1, 0.15) is 22.6 Å². The predicted molar refractivity (Wildman–Crippen MR) is 72.9 cm³/mol. The van der Waals surface area contributed by atoms with Crippen molar-refractivity contribution < 1.29 is 28.9 Å². The topological polar surface area (TPSA) is 106 Å². The summed E-state index contributed by atoms with van der Waals surface area (Å²) in [5.41, 5.74) is -0.667. The number of hydrogen-bond donors (Lipinski definition) is 2. The van der Waals surface area contributed by atoms with Gasteiger partial charge in [0.25, 0.3) is 0 Å². The summed E-state index contributed by atoms with van der Waals surface area (Å²) in [6.07, 6.45) is -1.95. The predicted octanol–water partition coefficient (Wildman–Crippen LogP) is 0.798. The van der Waals surface area contributed by atoms with Gasteiger partial charge in [-0.05, 0) is 17.5 Å². The van der Waals surface area contributed by atoms with E-state index < -0.39 is 17.7 Å². The molecule has 0 aliphatic carbocycles. The number of benzene rings is 1. The molecule has 7 nitrogen and oxygen atoms in total. The molecule has 0 aliphatic rings. The lowest BCUT2D eigenvalue weighted by molar-refractivity contribution is -0.146. The van der Waals surface area contributed by atoms with Crippen LogP contribution in [0.4, 0.5) is 0 Å². The maximum atomic E-state index is 12.0. The van der Waals surface area contributed by atoms with E-state index in [1.54, 1.807) is 12.1 Å². The van der Waals surface area contributed by atoms with E-state index in [2.05, 4.69) is 0 Å². The second-order valence-corrected chi connectivity index (χ2v) is 4.35. The Hall–Kier alpha value is -2.54. The minimum absolute atomic E-state index is 0.0673. The number of carboxylic acids is 1. The average molecular weight is 294 g/mol. The van der Waals surface area contributed by atoms with Gasteiger partial charge in [0.2, 0.25) is 0 Å². The number of rotatable bonds is 5. The number of aliphatic hydroxyl groups excluding tert-OH is 1. The third-order valence-electron chi connectivity index (χ3n) is 2.99. The Labute approximate surface area is 119 Å². The molecule has 1 heterocycles. The van der Waals surface area contributed by atoms with Crippen molar-refractivity contribution in [3.8, 4) is 11.5 Å². The largest absolute Gasteiger partial charge is 0.497 e. The van der Waals surface area contributed by atoms with Crippen molar-refractivity contribution in [1.29, 1.82) is 0 Å². The molecule has 2 N–H and O–H groups in total. The van der Waals surface area contributed by atoms with E-state index in [1.165, 1.54) is 20.3 Å². The minimum Gasteiger partial charge on any atom is -0.497 e. The summed E-state index contributed by atoms with van der Waals surface area (Å²) in [7, 11) is 2.89. The summed E-state index contributed by atoms with van der Waals surface area (Å²) in [5.74, 6) is -0.545. The molecule has 1 aromatic carbocycles. The van der Waals surface area contributed by atoms with Crippen molar-refractivity contribution in [2.24, 2.45) is 0 Å². The molecule has 0 fully saturated rings. The second kappa shape index (κ2) is 5.84. The Balaban J connectivity index is 2.59. The molecule has 1 atom stereocenters. The number of carbonyl (C=O) groups is 1. The van der Waals surface area contributed by atoms with Crippen molar-refractivity contribution in [3.05, 3.63) is 34.4 Å². The monoisotopic (exact) mass is 294 g/mol. The number of methoxy groups -OCH3 is 2. The zero-order valence-electron chi connectivity index (χ0n) is 11.5. The number of aliphatic hydroxyl groups is 1. The highest BCUT2D eigenvalue weighted by Gasteiger charge is 2.18. The SMILES string of the molecule is COc1cc(OC)c2c(=O)oc(C[C@@H](O)C(=O)O)cc2c1. The third kappa shape index (κ3) is 2.97.